The van der Waals surface area contributed by atoms with Crippen molar-refractivity contribution in [1.29, 1.82) is 0 Å². The van der Waals surface area contributed by atoms with Gasteiger partial charge in [0.25, 0.3) is 0 Å². The van der Waals surface area contributed by atoms with E-state index in [-0.39, 0.29) is 5.82 Å². The van der Waals surface area contributed by atoms with Crippen LogP contribution in [0.25, 0.3) is 0 Å². The first-order chi connectivity index (χ1) is 7.70. The predicted octanol–water partition coefficient (Wildman–Crippen LogP) is 0.409. The third kappa shape index (κ3) is 2.21. The lowest BCUT2D eigenvalue weighted by molar-refractivity contribution is 0.310. The Kier molecular flexibility index (Phi) is 3.19. The summed E-state index contributed by atoms with van der Waals surface area (Å²) in [6.07, 6.45) is 1.21. The summed E-state index contributed by atoms with van der Waals surface area (Å²) in [6.45, 7) is 3.46. The minimum absolute atomic E-state index is 0.358. The summed E-state index contributed by atoms with van der Waals surface area (Å²) in [7, 11) is 3.79. The Morgan fingerprint density at radius 1 is 1.31 bits per heavy atom. The molecule has 1 fully saturated rings. The number of piperazine rings is 1. The van der Waals surface area contributed by atoms with Crippen LogP contribution in [0.4, 0.5) is 16.2 Å². The normalized spacial score (nSPS) is 17.6. The molecule has 0 atom stereocenters. The molecule has 5 nitrogen and oxygen atoms in total. The molecule has 2 heterocycles. The zero-order valence-electron chi connectivity index (χ0n) is 9.57. The molecule has 1 aromatic heterocycles. The van der Waals surface area contributed by atoms with Crippen LogP contribution in [-0.2, 0) is 0 Å². The van der Waals surface area contributed by atoms with Crippen LogP contribution < -0.4 is 10.2 Å². The number of halogens is 1. The van der Waals surface area contributed by atoms with Gasteiger partial charge in [0.05, 0.1) is 6.20 Å². The maximum atomic E-state index is 13.6. The zero-order chi connectivity index (χ0) is 11.5. The number of nitrogens with one attached hydrogen (secondary N) is 1. The minimum Gasteiger partial charge on any atom is -0.357 e. The SMILES string of the molecule is CNc1ncc(F)c(N2CCN(C)CC2)n1. The third-order valence-corrected chi connectivity index (χ3v) is 2.75. The van der Waals surface area contributed by atoms with Crippen LogP contribution in [-0.4, -0.2) is 55.1 Å². The number of aromatic nitrogens is 2. The van der Waals surface area contributed by atoms with E-state index in [9.17, 15) is 4.39 Å². The van der Waals surface area contributed by atoms with Crippen molar-refractivity contribution >= 4 is 11.8 Å². The summed E-state index contributed by atoms with van der Waals surface area (Å²) in [4.78, 5) is 12.2. The first-order valence-corrected chi connectivity index (χ1v) is 5.34. The van der Waals surface area contributed by atoms with Gasteiger partial charge in [-0.1, -0.05) is 0 Å². The number of hydrogen-bond acceptors (Lipinski definition) is 5. The highest BCUT2D eigenvalue weighted by Gasteiger charge is 2.19. The van der Waals surface area contributed by atoms with E-state index in [1.807, 2.05) is 4.90 Å². The Hall–Kier alpha value is -1.43. The van der Waals surface area contributed by atoms with Gasteiger partial charge in [0, 0.05) is 33.2 Å². The molecule has 88 valence electrons. The highest BCUT2D eigenvalue weighted by atomic mass is 19.1. The molecule has 0 radical (unpaired) electrons. The van der Waals surface area contributed by atoms with Crippen LogP contribution in [0.5, 0.6) is 0 Å². The lowest BCUT2D eigenvalue weighted by Gasteiger charge is -2.33. The Labute approximate surface area is 94.3 Å². The average molecular weight is 225 g/mol. The molecule has 1 saturated heterocycles. The number of likely N-dealkylation sites (N-methyl/N-ethyl adjacent to an activating group) is 1. The molecule has 1 N–H and O–H groups in total. The fourth-order valence-electron chi connectivity index (χ4n) is 1.72. The van der Waals surface area contributed by atoms with Gasteiger partial charge in [-0.2, -0.15) is 4.98 Å². The molecule has 0 aliphatic carbocycles. The van der Waals surface area contributed by atoms with E-state index >= 15 is 0 Å². The Morgan fingerprint density at radius 3 is 2.62 bits per heavy atom. The maximum absolute atomic E-state index is 13.6. The number of rotatable bonds is 2. The molecule has 16 heavy (non-hydrogen) atoms. The van der Waals surface area contributed by atoms with E-state index in [4.69, 9.17) is 0 Å². The Balaban J connectivity index is 2.19. The Bertz CT molecular complexity index is 362. The van der Waals surface area contributed by atoms with Crippen molar-refractivity contribution in [3.63, 3.8) is 0 Å². The molecular weight excluding hydrogens is 209 g/mol. The van der Waals surface area contributed by atoms with Gasteiger partial charge in [-0.25, -0.2) is 9.37 Å². The summed E-state index contributed by atoms with van der Waals surface area (Å²) >= 11 is 0. The van der Waals surface area contributed by atoms with Crippen LogP contribution in [0.15, 0.2) is 6.20 Å². The first-order valence-electron chi connectivity index (χ1n) is 5.34. The largest absolute Gasteiger partial charge is 0.357 e. The molecular formula is C10H16FN5. The number of nitrogens with zero attached hydrogens (tertiary/aromatic N) is 4. The van der Waals surface area contributed by atoms with E-state index in [2.05, 4.69) is 27.2 Å². The summed E-state index contributed by atoms with van der Waals surface area (Å²) in [5.74, 6) is 0.492. The molecule has 0 amide bonds. The van der Waals surface area contributed by atoms with Gasteiger partial charge in [-0.15, -0.1) is 0 Å². The summed E-state index contributed by atoms with van der Waals surface area (Å²) < 4.78 is 13.6. The van der Waals surface area contributed by atoms with Crippen LogP contribution in [0.1, 0.15) is 0 Å². The van der Waals surface area contributed by atoms with Gasteiger partial charge in [0.15, 0.2) is 11.6 Å². The fraction of sp³-hybridized carbons (Fsp3) is 0.600. The zero-order valence-corrected chi connectivity index (χ0v) is 9.57. The first kappa shape index (κ1) is 11.1. The number of anilines is 2. The number of hydrogen-bond donors (Lipinski definition) is 1. The average Bonchev–Trinajstić information content (AvgIpc) is 2.31. The quantitative estimate of drug-likeness (QED) is 0.789. The van der Waals surface area contributed by atoms with Gasteiger partial charge in [0.2, 0.25) is 5.95 Å². The second kappa shape index (κ2) is 4.61. The van der Waals surface area contributed by atoms with E-state index in [1.54, 1.807) is 7.05 Å². The summed E-state index contributed by atoms with van der Waals surface area (Å²) in [5, 5.41) is 2.82. The molecule has 0 bridgehead atoms. The van der Waals surface area contributed by atoms with Gasteiger partial charge < -0.3 is 15.1 Å². The van der Waals surface area contributed by atoms with Crippen molar-refractivity contribution in [2.24, 2.45) is 0 Å². The van der Waals surface area contributed by atoms with E-state index < -0.39 is 0 Å². The molecule has 0 aromatic carbocycles. The van der Waals surface area contributed by atoms with E-state index in [1.165, 1.54) is 6.20 Å². The molecule has 1 aliphatic rings. The van der Waals surface area contributed by atoms with E-state index in [0.29, 0.717) is 11.8 Å². The van der Waals surface area contributed by atoms with Crippen LogP contribution in [0, 0.1) is 5.82 Å². The third-order valence-electron chi connectivity index (χ3n) is 2.75. The van der Waals surface area contributed by atoms with Gasteiger partial charge in [-0.05, 0) is 7.05 Å². The molecule has 0 spiro atoms. The van der Waals surface area contributed by atoms with Crippen molar-refractivity contribution < 1.29 is 4.39 Å². The lowest BCUT2D eigenvalue weighted by Crippen LogP contribution is -2.45. The van der Waals surface area contributed by atoms with Crippen molar-refractivity contribution in [3.8, 4) is 0 Å². The molecule has 0 saturated carbocycles. The van der Waals surface area contributed by atoms with Crippen molar-refractivity contribution in [2.75, 3.05) is 50.5 Å². The summed E-state index contributed by atoms with van der Waals surface area (Å²) in [6, 6.07) is 0. The maximum Gasteiger partial charge on any atom is 0.224 e. The fourth-order valence-corrected chi connectivity index (χ4v) is 1.72. The van der Waals surface area contributed by atoms with Gasteiger partial charge in [0.1, 0.15) is 0 Å². The minimum atomic E-state index is -0.358. The van der Waals surface area contributed by atoms with Crippen LogP contribution in [0.2, 0.25) is 0 Å². The Morgan fingerprint density at radius 2 is 2.00 bits per heavy atom. The highest BCUT2D eigenvalue weighted by Crippen LogP contribution is 2.18. The lowest BCUT2D eigenvalue weighted by atomic mass is 10.3. The molecule has 1 aliphatic heterocycles. The standard InChI is InChI=1S/C10H16FN5/c1-12-10-13-7-8(11)9(14-10)16-5-3-15(2)4-6-16/h7H,3-6H2,1-2H3,(H,12,13,14). The molecule has 6 heteroatoms. The van der Waals surface area contributed by atoms with Crippen molar-refractivity contribution in [1.82, 2.24) is 14.9 Å². The van der Waals surface area contributed by atoms with Crippen molar-refractivity contribution in [3.05, 3.63) is 12.0 Å². The monoisotopic (exact) mass is 225 g/mol. The van der Waals surface area contributed by atoms with Crippen LogP contribution >= 0.6 is 0 Å². The topological polar surface area (TPSA) is 44.3 Å². The second-order valence-corrected chi connectivity index (χ2v) is 3.91. The smallest absolute Gasteiger partial charge is 0.224 e. The van der Waals surface area contributed by atoms with Crippen molar-refractivity contribution in [2.45, 2.75) is 0 Å². The summed E-state index contributed by atoms with van der Waals surface area (Å²) in [5.41, 5.74) is 0. The second-order valence-electron chi connectivity index (χ2n) is 3.91. The molecule has 0 unspecified atom stereocenters. The van der Waals surface area contributed by atoms with Gasteiger partial charge in [-0.3, -0.25) is 0 Å². The molecule has 1 aromatic rings. The van der Waals surface area contributed by atoms with Gasteiger partial charge >= 0.3 is 0 Å². The predicted molar refractivity (Wildman–Crippen MR) is 61.2 cm³/mol. The molecule has 2 rings (SSSR count). The van der Waals surface area contributed by atoms with Crippen LogP contribution in [0.3, 0.4) is 0 Å². The van der Waals surface area contributed by atoms with E-state index in [0.717, 1.165) is 26.2 Å². The highest BCUT2D eigenvalue weighted by molar-refractivity contribution is 5.44.